The van der Waals surface area contributed by atoms with Gasteiger partial charge in [-0.1, -0.05) is 12.1 Å². The molecule has 1 aliphatic heterocycles. The van der Waals surface area contributed by atoms with Crippen molar-refractivity contribution in [1.29, 1.82) is 0 Å². The van der Waals surface area contributed by atoms with Crippen LogP contribution in [0.2, 0.25) is 0 Å². The standard InChI is InChI=1S/C18H20N2O2/c1-14-3-2-4-16(13-14)19-9-11-20(12-10-19)18(22)15-5-7-17(21)8-6-15/h2-8,13,21H,9-12H2,1H3. The quantitative estimate of drug-likeness (QED) is 0.926. The summed E-state index contributed by atoms with van der Waals surface area (Å²) in [6.07, 6.45) is 0. The third kappa shape index (κ3) is 3.06. The van der Waals surface area contributed by atoms with Gasteiger partial charge in [-0.05, 0) is 48.9 Å². The Balaban J connectivity index is 1.64. The van der Waals surface area contributed by atoms with Crippen molar-refractivity contribution in [3.05, 3.63) is 59.7 Å². The molecule has 0 radical (unpaired) electrons. The number of phenolic OH excluding ortho intramolecular Hbond substituents is 1. The van der Waals surface area contributed by atoms with Crippen LogP contribution in [-0.4, -0.2) is 42.1 Å². The molecule has 0 spiro atoms. The molecule has 1 heterocycles. The second kappa shape index (κ2) is 6.10. The van der Waals surface area contributed by atoms with Crippen LogP contribution in [0.1, 0.15) is 15.9 Å². The molecule has 0 aromatic heterocycles. The molecule has 4 heteroatoms. The first kappa shape index (κ1) is 14.4. The van der Waals surface area contributed by atoms with Gasteiger partial charge < -0.3 is 14.9 Å². The topological polar surface area (TPSA) is 43.8 Å². The highest BCUT2D eigenvalue weighted by Gasteiger charge is 2.22. The molecular formula is C18H20N2O2. The Morgan fingerprint density at radius 3 is 2.32 bits per heavy atom. The van der Waals surface area contributed by atoms with Gasteiger partial charge in [-0.25, -0.2) is 0 Å². The fourth-order valence-electron chi connectivity index (χ4n) is 2.78. The molecule has 0 bridgehead atoms. The predicted molar refractivity (Wildman–Crippen MR) is 87.4 cm³/mol. The van der Waals surface area contributed by atoms with Crippen molar-refractivity contribution in [1.82, 2.24) is 4.90 Å². The monoisotopic (exact) mass is 296 g/mol. The van der Waals surface area contributed by atoms with E-state index in [1.807, 2.05) is 4.90 Å². The van der Waals surface area contributed by atoms with Crippen molar-refractivity contribution >= 4 is 11.6 Å². The van der Waals surface area contributed by atoms with Gasteiger partial charge in [0.05, 0.1) is 0 Å². The first-order chi connectivity index (χ1) is 10.6. The van der Waals surface area contributed by atoms with Crippen LogP contribution in [0.25, 0.3) is 0 Å². The fourth-order valence-corrected chi connectivity index (χ4v) is 2.78. The molecule has 0 aliphatic carbocycles. The summed E-state index contributed by atoms with van der Waals surface area (Å²) in [6.45, 7) is 5.20. The Hall–Kier alpha value is -2.49. The van der Waals surface area contributed by atoms with Crippen LogP contribution in [0.15, 0.2) is 48.5 Å². The second-order valence-corrected chi connectivity index (χ2v) is 5.67. The van der Waals surface area contributed by atoms with Crippen molar-refractivity contribution in [2.45, 2.75) is 6.92 Å². The van der Waals surface area contributed by atoms with E-state index < -0.39 is 0 Å². The molecule has 1 fully saturated rings. The number of amides is 1. The second-order valence-electron chi connectivity index (χ2n) is 5.67. The highest BCUT2D eigenvalue weighted by atomic mass is 16.3. The van der Waals surface area contributed by atoms with Gasteiger partial charge in [-0.3, -0.25) is 4.79 Å². The number of benzene rings is 2. The van der Waals surface area contributed by atoms with E-state index in [2.05, 4.69) is 36.1 Å². The Labute approximate surface area is 130 Å². The van der Waals surface area contributed by atoms with Crippen LogP contribution >= 0.6 is 0 Å². The zero-order chi connectivity index (χ0) is 15.5. The highest BCUT2D eigenvalue weighted by molar-refractivity contribution is 5.94. The number of rotatable bonds is 2. The minimum atomic E-state index is 0.0314. The number of nitrogens with zero attached hydrogens (tertiary/aromatic N) is 2. The van der Waals surface area contributed by atoms with E-state index in [-0.39, 0.29) is 11.7 Å². The van der Waals surface area contributed by atoms with Crippen molar-refractivity contribution in [3.8, 4) is 5.75 Å². The van der Waals surface area contributed by atoms with Crippen molar-refractivity contribution < 1.29 is 9.90 Å². The van der Waals surface area contributed by atoms with Crippen molar-refractivity contribution in [2.24, 2.45) is 0 Å². The zero-order valence-corrected chi connectivity index (χ0v) is 12.7. The molecule has 2 aromatic rings. The van der Waals surface area contributed by atoms with Crippen LogP contribution in [0.5, 0.6) is 5.75 Å². The molecule has 4 nitrogen and oxygen atoms in total. The summed E-state index contributed by atoms with van der Waals surface area (Å²) in [5.41, 5.74) is 3.10. The summed E-state index contributed by atoms with van der Waals surface area (Å²) in [4.78, 5) is 16.6. The van der Waals surface area contributed by atoms with Gasteiger partial charge in [-0.2, -0.15) is 0 Å². The van der Waals surface area contributed by atoms with Crippen molar-refractivity contribution in [3.63, 3.8) is 0 Å². The Kier molecular flexibility index (Phi) is 4.00. The van der Waals surface area contributed by atoms with Gasteiger partial charge in [0.1, 0.15) is 5.75 Å². The van der Waals surface area contributed by atoms with Gasteiger partial charge >= 0.3 is 0 Å². The first-order valence-electron chi connectivity index (χ1n) is 7.53. The molecule has 1 amide bonds. The number of phenols is 1. The van der Waals surface area contributed by atoms with Crippen molar-refractivity contribution in [2.75, 3.05) is 31.1 Å². The maximum Gasteiger partial charge on any atom is 0.253 e. The van der Waals surface area contributed by atoms with Crippen LogP contribution < -0.4 is 4.90 Å². The number of hydrogen-bond donors (Lipinski definition) is 1. The number of anilines is 1. The number of aryl methyl sites for hydroxylation is 1. The number of carbonyl (C=O) groups excluding carboxylic acids is 1. The average molecular weight is 296 g/mol. The third-order valence-electron chi connectivity index (χ3n) is 4.05. The Morgan fingerprint density at radius 1 is 1.00 bits per heavy atom. The van der Waals surface area contributed by atoms with E-state index >= 15 is 0 Å². The summed E-state index contributed by atoms with van der Waals surface area (Å²) in [6, 6.07) is 14.9. The molecule has 1 saturated heterocycles. The Morgan fingerprint density at radius 2 is 1.68 bits per heavy atom. The molecule has 0 atom stereocenters. The molecule has 1 aliphatic rings. The molecule has 3 rings (SSSR count). The van der Waals surface area contributed by atoms with Gasteiger partial charge in [-0.15, -0.1) is 0 Å². The number of carbonyl (C=O) groups is 1. The fraction of sp³-hybridized carbons (Fsp3) is 0.278. The van der Waals surface area contributed by atoms with Gasteiger partial charge in [0, 0.05) is 37.4 Å². The predicted octanol–water partition coefficient (Wildman–Crippen LogP) is 2.66. The lowest BCUT2D eigenvalue weighted by Gasteiger charge is -2.36. The normalized spacial score (nSPS) is 15.0. The lowest BCUT2D eigenvalue weighted by Crippen LogP contribution is -2.48. The minimum Gasteiger partial charge on any atom is -0.508 e. The van der Waals surface area contributed by atoms with E-state index in [1.54, 1.807) is 24.3 Å². The highest BCUT2D eigenvalue weighted by Crippen LogP contribution is 2.19. The van der Waals surface area contributed by atoms with Crippen LogP contribution in [0.4, 0.5) is 5.69 Å². The molecule has 2 aromatic carbocycles. The van der Waals surface area contributed by atoms with Gasteiger partial charge in [0.15, 0.2) is 0 Å². The average Bonchev–Trinajstić information content (AvgIpc) is 2.55. The number of hydrogen-bond acceptors (Lipinski definition) is 3. The molecule has 1 N–H and O–H groups in total. The summed E-state index contributed by atoms with van der Waals surface area (Å²) < 4.78 is 0. The minimum absolute atomic E-state index is 0.0314. The number of aromatic hydroxyl groups is 1. The molecular weight excluding hydrogens is 276 g/mol. The van der Waals surface area contributed by atoms with E-state index in [4.69, 9.17) is 0 Å². The summed E-state index contributed by atoms with van der Waals surface area (Å²) in [5, 5.41) is 9.30. The van der Waals surface area contributed by atoms with E-state index in [0.29, 0.717) is 18.7 Å². The smallest absolute Gasteiger partial charge is 0.253 e. The van der Waals surface area contributed by atoms with Crippen LogP contribution in [-0.2, 0) is 0 Å². The maximum absolute atomic E-state index is 12.4. The van der Waals surface area contributed by atoms with E-state index in [1.165, 1.54) is 11.3 Å². The summed E-state index contributed by atoms with van der Waals surface area (Å²) in [7, 11) is 0. The first-order valence-corrected chi connectivity index (χ1v) is 7.53. The Bertz CT molecular complexity index is 659. The lowest BCUT2D eigenvalue weighted by atomic mass is 10.1. The summed E-state index contributed by atoms with van der Waals surface area (Å²) >= 11 is 0. The lowest BCUT2D eigenvalue weighted by molar-refractivity contribution is 0.0747. The number of piperazine rings is 1. The largest absolute Gasteiger partial charge is 0.508 e. The maximum atomic E-state index is 12.4. The molecule has 0 saturated carbocycles. The third-order valence-corrected chi connectivity index (χ3v) is 4.05. The molecule has 22 heavy (non-hydrogen) atoms. The van der Waals surface area contributed by atoms with Crippen LogP contribution in [0, 0.1) is 6.92 Å². The zero-order valence-electron chi connectivity index (χ0n) is 12.7. The summed E-state index contributed by atoms with van der Waals surface area (Å²) in [5.74, 6) is 0.213. The van der Waals surface area contributed by atoms with Gasteiger partial charge in [0.2, 0.25) is 0 Å². The molecule has 0 unspecified atom stereocenters. The SMILES string of the molecule is Cc1cccc(N2CCN(C(=O)c3ccc(O)cc3)CC2)c1. The van der Waals surface area contributed by atoms with Crippen LogP contribution in [0.3, 0.4) is 0 Å². The van der Waals surface area contributed by atoms with Gasteiger partial charge in [0.25, 0.3) is 5.91 Å². The molecule has 114 valence electrons. The van der Waals surface area contributed by atoms with E-state index in [9.17, 15) is 9.90 Å². The van der Waals surface area contributed by atoms with E-state index in [0.717, 1.165) is 13.1 Å².